The molecule has 0 aromatic heterocycles. The second-order valence-corrected chi connectivity index (χ2v) is 5.65. The van der Waals surface area contributed by atoms with Crippen molar-refractivity contribution in [1.29, 1.82) is 0 Å². The van der Waals surface area contributed by atoms with Crippen LogP contribution in [-0.4, -0.2) is 5.78 Å². The molecule has 1 nitrogen and oxygen atoms in total. The van der Waals surface area contributed by atoms with Crippen LogP contribution in [-0.2, 0) is 6.42 Å². The van der Waals surface area contributed by atoms with Gasteiger partial charge in [0.25, 0.3) is 0 Å². The summed E-state index contributed by atoms with van der Waals surface area (Å²) < 4.78 is 27.8. The van der Waals surface area contributed by atoms with Crippen LogP contribution in [0.15, 0.2) is 45.3 Å². The molecule has 98 valence electrons. The molecule has 0 radical (unpaired) electrons. The van der Waals surface area contributed by atoms with E-state index in [1.165, 1.54) is 24.3 Å². The van der Waals surface area contributed by atoms with E-state index in [9.17, 15) is 13.6 Å². The van der Waals surface area contributed by atoms with Crippen LogP contribution in [0.25, 0.3) is 0 Å². The first-order chi connectivity index (χ1) is 8.99. The highest BCUT2D eigenvalue weighted by Gasteiger charge is 2.15. The van der Waals surface area contributed by atoms with Crippen LogP contribution in [0.2, 0.25) is 0 Å². The van der Waals surface area contributed by atoms with Gasteiger partial charge in [0.15, 0.2) is 5.78 Å². The van der Waals surface area contributed by atoms with E-state index in [0.29, 0.717) is 10.0 Å². The number of hydrogen-bond donors (Lipinski definition) is 0. The lowest BCUT2D eigenvalue weighted by Gasteiger charge is -2.06. The average Bonchev–Trinajstić information content (AvgIpc) is 2.34. The van der Waals surface area contributed by atoms with E-state index in [0.717, 1.165) is 0 Å². The van der Waals surface area contributed by atoms with Gasteiger partial charge in [0.05, 0.1) is 10.0 Å². The van der Waals surface area contributed by atoms with Gasteiger partial charge in [-0.25, -0.2) is 8.78 Å². The zero-order chi connectivity index (χ0) is 14.0. The third kappa shape index (κ3) is 3.28. The van der Waals surface area contributed by atoms with E-state index < -0.39 is 17.4 Å². The van der Waals surface area contributed by atoms with Crippen molar-refractivity contribution in [2.24, 2.45) is 0 Å². The van der Waals surface area contributed by atoms with Crippen LogP contribution >= 0.6 is 31.9 Å². The Morgan fingerprint density at radius 3 is 2.47 bits per heavy atom. The number of carbonyl (C=O) groups excluding carboxylic acids is 1. The van der Waals surface area contributed by atoms with Crippen LogP contribution < -0.4 is 0 Å². The largest absolute Gasteiger partial charge is 0.294 e. The molecule has 0 aliphatic rings. The number of benzene rings is 2. The molecule has 0 saturated carbocycles. The topological polar surface area (TPSA) is 17.1 Å². The Morgan fingerprint density at radius 1 is 1.05 bits per heavy atom. The maximum atomic E-state index is 13.6. The summed E-state index contributed by atoms with van der Waals surface area (Å²) in [6.45, 7) is 0. The summed E-state index contributed by atoms with van der Waals surface area (Å²) in [6, 6.07) is 8.67. The van der Waals surface area contributed by atoms with E-state index in [4.69, 9.17) is 0 Å². The fraction of sp³-hybridized carbons (Fsp3) is 0.0714. The third-order valence-corrected chi connectivity index (χ3v) is 4.00. The van der Waals surface area contributed by atoms with Crippen LogP contribution in [0.5, 0.6) is 0 Å². The van der Waals surface area contributed by atoms with E-state index in [2.05, 4.69) is 31.9 Å². The zero-order valence-electron chi connectivity index (χ0n) is 9.59. The summed E-state index contributed by atoms with van der Waals surface area (Å²) in [5.41, 5.74) is 0.492. The standard InChI is InChI=1S/C14H8Br2F2O/c15-9-4-5-10(12(18)7-9)13(19)6-8-2-1-3-11(17)14(8)16/h1-5,7H,6H2. The van der Waals surface area contributed by atoms with E-state index >= 15 is 0 Å². The number of rotatable bonds is 3. The van der Waals surface area contributed by atoms with Crippen molar-refractivity contribution in [2.45, 2.75) is 6.42 Å². The molecule has 0 bridgehead atoms. The Bertz CT molecular complexity index is 641. The molecular formula is C14H8Br2F2O. The van der Waals surface area contributed by atoms with Gasteiger partial charge >= 0.3 is 0 Å². The molecule has 0 amide bonds. The van der Waals surface area contributed by atoms with Crippen molar-refractivity contribution < 1.29 is 13.6 Å². The highest BCUT2D eigenvalue weighted by atomic mass is 79.9. The first-order valence-corrected chi connectivity index (χ1v) is 6.99. The van der Waals surface area contributed by atoms with Gasteiger partial charge in [-0.05, 0) is 45.8 Å². The van der Waals surface area contributed by atoms with Crippen molar-refractivity contribution in [3.63, 3.8) is 0 Å². The average molecular weight is 390 g/mol. The summed E-state index contributed by atoms with van der Waals surface area (Å²) in [5.74, 6) is -1.43. The minimum Gasteiger partial charge on any atom is -0.294 e. The molecule has 0 unspecified atom stereocenters. The normalized spacial score (nSPS) is 10.5. The van der Waals surface area contributed by atoms with Gasteiger partial charge in [0, 0.05) is 10.9 Å². The monoisotopic (exact) mass is 388 g/mol. The molecule has 0 fully saturated rings. The van der Waals surface area contributed by atoms with E-state index in [1.54, 1.807) is 12.1 Å². The van der Waals surface area contributed by atoms with Crippen LogP contribution in [0.3, 0.4) is 0 Å². The van der Waals surface area contributed by atoms with Crippen molar-refractivity contribution in [2.75, 3.05) is 0 Å². The predicted molar refractivity (Wildman–Crippen MR) is 76.2 cm³/mol. The highest BCUT2D eigenvalue weighted by molar-refractivity contribution is 9.10. The quantitative estimate of drug-likeness (QED) is 0.681. The molecule has 0 N–H and O–H groups in total. The molecule has 0 spiro atoms. The summed E-state index contributed by atoms with van der Waals surface area (Å²) in [6.07, 6.45) is -0.0586. The lowest BCUT2D eigenvalue weighted by Crippen LogP contribution is -2.07. The SMILES string of the molecule is O=C(Cc1cccc(F)c1Br)c1ccc(Br)cc1F. The van der Waals surface area contributed by atoms with Crippen molar-refractivity contribution in [3.8, 4) is 0 Å². The van der Waals surface area contributed by atoms with Crippen molar-refractivity contribution in [3.05, 3.63) is 68.1 Å². The minimum absolute atomic E-state index is 0.000591. The van der Waals surface area contributed by atoms with Gasteiger partial charge in [0.2, 0.25) is 0 Å². The smallest absolute Gasteiger partial charge is 0.170 e. The Balaban J connectivity index is 2.28. The number of Topliss-reactive ketones (excluding diaryl/α,β-unsaturated/α-hetero) is 1. The number of hydrogen-bond acceptors (Lipinski definition) is 1. The zero-order valence-corrected chi connectivity index (χ0v) is 12.8. The summed E-state index contributed by atoms with van der Waals surface area (Å²) in [5, 5.41) is 0. The molecule has 2 rings (SSSR count). The Morgan fingerprint density at radius 2 is 1.79 bits per heavy atom. The minimum atomic E-state index is -0.591. The van der Waals surface area contributed by atoms with E-state index in [1.807, 2.05) is 0 Å². The third-order valence-electron chi connectivity index (χ3n) is 2.61. The summed E-state index contributed by atoms with van der Waals surface area (Å²) in [7, 11) is 0. The molecule has 2 aromatic rings. The fourth-order valence-electron chi connectivity index (χ4n) is 1.67. The van der Waals surface area contributed by atoms with Gasteiger partial charge in [0.1, 0.15) is 11.6 Å². The van der Waals surface area contributed by atoms with Crippen molar-refractivity contribution >= 4 is 37.6 Å². The van der Waals surface area contributed by atoms with Crippen LogP contribution in [0.1, 0.15) is 15.9 Å². The molecule has 19 heavy (non-hydrogen) atoms. The van der Waals surface area contributed by atoms with E-state index in [-0.39, 0.29) is 16.5 Å². The predicted octanol–water partition coefficient (Wildman–Crippen LogP) is 4.92. The van der Waals surface area contributed by atoms with Gasteiger partial charge in [-0.3, -0.25) is 4.79 Å². The second-order valence-electron chi connectivity index (χ2n) is 3.94. The number of halogens is 4. The Labute approximate surface area is 125 Å². The molecule has 5 heteroatoms. The molecule has 0 atom stereocenters. The lowest BCUT2D eigenvalue weighted by atomic mass is 10.0. The molecule has 0 heterocycles. The maximum absolute atomic E-state index is 13.6. The Kier molecular flexibility index (Phi) is 4.47. The fourth-order valence-corrected chi connectivity index (χ4v) is 2.41. The molecule has 0 aliphatic heterocycles. The van der Waals surface area contributed by atoms with Gasteiger partial charge < -0.3 is 0 Å². The lowest BCUT2D eigenvalue weighted by molar-refractivity contribution is 0.0989. The summed E-state index contributed by atoms with van der Waals surface area (Å²) >= 11 is 6.21. The molecule has 0 aliphatic carbocycles. The highest BCUT2D eigenvalue weighted by Crippen LogP contribution is 2.23. The number of carbonyl (C=O) groups is 1. The van der Waals surface area contributed by atoms with Gasteiger partial charge in [-0.1, -0.05) is 28.1 Å². The van der Waals surface area contributed by atoms with Gasteiger partial charge in [-0.15, -0.1) is 0 Å². The molecule has 0 saturated heterocycles. The van der Waals surface area contributed by atoms with Gasteiger partial charge in [-0.2, -0.15) is 0 Å². The summed E-state index contributed by atoms with van der Waals surface area (Å²) in [4.78, 5) is 12.0. The second kappa shape index (κ2) is 5.92. The first kappa shape index (κ1) is 14.3. The molecule has 2 aromatic carbocycles. The van der Waals surface area contributed by atoms with Crippen LogP contribution in [0, 0.1) is 11.6 Å². The number of ketones is 1. The first-order valence-electron chi connectivity index (χ1n) is 5.40. The molecular weight excluding hydrogens is 382 g/mol. The van der Waals surface area contributed by atoms with Crippen LogP contribution in [0.4, 0.5) is 8.78 Å². The maximum Gasteiger partial charge on any atom is 0.170 e. The Hall–Kier alpha value is -1.07. The van der Waals surface area contributed by atoms with Crippen molar-refractivity contribution in [1.82, 2.24) is 0 Å².